The quantitative estimate of drug-likeness (QED) is 0.732. The van der Waals surface area contributed by atoms with Gasteiger partial charge in [-0.1, -0.05) is 36.8 Å². The summed E-state index contributed by atoms with van der Waals surface area (Å²) in [6, 6.07) is 7.85. The van der Waals surface area contributed by atoms with E-state index in [0.717, 1.165) is 24.4 Å². The molecule has 0 saturated carbocycles. The lowest BCUT2D eigenvalue weighted by atomic mass is 10.2. The van der Waals surface area contributed by atoms with Crippen LogP contribution < -0.4 is 4.74 Å². The molecule has 3 nitrogen and oxygen atoms in total. The monoisotopic (exact) mass is 263 g/mol. The van der Waals surface area contributed by atoms with Crippen molar-refractivity contribution in [2.75, 3.05) is 26.2 Å². The van der Waals surface area contributed by atoms with E-state index < -0.39 is 6.10 Å². The third kappa shape index (κ3) is 6.41. The van der Waals surface area contributed by atoms with Crippen LogP contribution in [0.3, 0.4) is 0 Å². The van der Waals surface area contributed by atoms with Gasteiger partial charge in [0, 0.05) is 13.1 Å². The van der Waals surface area contributed by atoms with E-state index in [1.807, 2.05) is 38.1 Å². The molecular formula is C16H25NO2. The highest BCUT2D eigenvalue weighted by molar-refractivity contribution is 5.26. The van der Waals surface area contributed by atoms with Gasteiger partial charge >= 0.3 is 0 Å². The van der Waals surface area contributed by atoms with Gasteiger partial charge in [0.2, 0.25) is 0 Å². The van der Waals surface area contributed by atoms with E-state index in [-0.39, 0.29) is 0 Å². The van der Waals surface area contributed by atoms with Crippen molar-refractivity contribution in [1.29, 1.82) is 0 Å². The molecule has 0 fully saturated rings. The second-order valence-electron chi connectivity index (χ2n) is 5.06. The Morgan fingerprint density at radius 2 is 2.00 bits per heavy atom. The molecule has 1 aromatic carbocycles. The van der Waals surface area contributed by atoms with Gasteiger partial charge in [-0.25, -0.2) is 0 Å². The summed E-state index contributed by atoms with van der Waals surface area (Å²) in [6.07, 6.45) is -0.486. The van der Waals surface area contributed by atoms with Crippen LogP contribution in [0.25, 0.3) is 0 Å². The van der Waals surface area contributed by atoms with Gasteiger partial charge in [0.05, 0.1) is 0 Å². The first-order valence-corrected chi connectivity index (χ1v) is 6.75. The van der Waals surface area contributed by atoms with Crippen LogP contribution in [0, 0.1) is 6.92 Å². The van der Waals surface area contributed by atoms with Gasteiger partial charge in [-0.15, -0.1) is 0 Å². The Hall–Kier alpha value is -1.32. The number of aliphatic hydroxyl groups is 1. The molecule has 0 amide bonds. The third-order valence-corrected chi connectivity index (χ3v) is 2.87. The van der Waals surface area contributed by atoms with Crippen LogP contribution in [0.1, 0.15) is 19.4 Å². The average Bonchev–Trinajstić information content (AvgIpc) is 2.36. The Morgan fingerprint density at radius 1 is 1.37 bits per heavy atom. The maximum absolute atomic E-state index is 9.98. The van der Waals surface area contributed by atoms with Crippen LogP contribution in [0.2, 0.25) is 0 Å². The summed E-state index contributed by atoms with van der Waals surface area (Å²) in [5, 5.41) is 9.98. The molecule has 1 N–H and O–H groups in total. The summed E-state index contributed by atoms with van der Waals surface area (Å²) in [6.45, 7) is 12.6. The van der Waals surface area contributed by atoms with E-state index in [1.165, 1.54) is 5.56 Å². The fourth-order valence-electron chi connectivity index (χ4n) is 1.86. The Bertz CT molecular complexity index is 386. The van der Waals surface area contributed by atoms with Crippen molar-refractivity contribution < 1.29 is 9.84 Å². The minimum absolute atomic E-state index is 0.315. The Morgan fingerprint density at radius 3 is 2.53 bits per heavy atom. The largest absolute Gasteiger partial charge is 0.491 e. The van der Waals surface area contributed by atoms with Gasteiger partial charge in [-0.05, 0) is 32.5 Å². The fraction of sp³-hybridized carbons (Fsp3) is 0.500. The number of hydrogen-bond donors (Lipinski definition) is 1. The first kappa shape index (κ1) is 15.7. The summed E-state index contributed by atoms with van der Waals surface area (Å²) in [5.41, 5.74) is 2.31. The Kier molecular flexibility index (Phi) is 6.60. The van der Waals surface area contributed by atoms with Gasteiger partial charge in [0.15, 0.2) is 0 Å². The molecule has 3 heteroatoms. The molecule has 0 aliphatic rings. The normalized spacial score (nSPS) is 12.5. The summed E-state index contributed by atoms with van der Waals surface area (Å²) in [4.78, 5) is 2.16. The average molecular weight is 263 g/mol. The predicted molar refractivity (Wildman–Crippen MR) is 79.6 cm³/mol. The third-order valence-electron chi connectivity index (χ3n) is 2.87. The molecule has 1 aromatic rings. The molecule has 0 aliphatic heterocycles. The summed E-state index contributed by atoms with van der Waals surface area (Å²) < 4.78 is 5.57. The number of ether oxygens (including phenoxy) is 1. The Balaban J connectivity index is 2.35. The van der Waals surface area contributed by atoms with E-state index in [4.69, 9.17) is 4.74 Å². The number of aryl methyl sites for hydroxylation is 1. The van der Waals surface area contributed by atoms with Gasteiger partial charge in [0.1, 0.15) is 18.5 Å². The van der Waals surface area contributed by atoms with Crippen molar-refractivity contribution >= 4 is 0 Å². The van der Waals surface area contributed by atoms with E-state index in [1.54, 1.807) is 0 Å². The highest BCUT2D eigenvalue weighted by atomic mass is 16.5. The molecule has 0 aliphatic carbocycles. The molecule has 1 unspecified atom stereocenters. The highest BCUT2D eigenvalue weighted by Crippen LogP contribution is 2.11. The number of hydrogen-bond acceptors (Lipinski definition) is 3. The molecule has 0 saturated heterocycles. The minimum atomic E-state index is -0.486. The van der Waals surface area contributed by atoms with Crippen LogP contribution in [-0.2, 0) is 0 Å². The van der Waals surface area contributed by atoms with Crippen LogP contribution >= 0.6 is 0 Å². The zero-order chi connectivity index (χ0) is 14.3. The molecule has 0 heterocycles. The summed E-state index contributed by atoms with van der Waals surface area (Å²) in [5.74, 6) is 0.799. The molecule has 19 heavy (non-hydrogen) atoms. The van der Waals surface area contributed by atoms with Gasteiger partial charge in [-0.2, -0.15) is 0 Å². The SMILES string of the molecule is C=C(C)CN(CC)CC(O)COc1ccc(C)cc1. The van der Waals surface area contributed by atoms with E-state index in [9.17, 15) is 5.11 Å². The first-order chi connectivity index (χ1) is 9.01. The maximum Gasteiger partial charge on any atom is 0.119 e. The predicted octanol–water partition coefficient (Wildman–Crippen LogP) is 2.63. The van der Waals surface area contributed by atoms with Crippen LogP contribution in [0.4, 0.5) is 0 Å². The van der Waals surface area contributed by atoms with E-state index in [0.29, 0.717) is 13.2 Å². The molecule has 0 bridgehead atoms. The minimum Gasteiger partial charge on any atom is -0.491 e. The molecule has 1 rings (SSSR count). The van der Waals surface area contributed by atoms with Crippen molar-refractivity contribution in [2.24, 2.45) is 0 Å². The number of nitrogens with zero attached hydrogens (tertiary/aromatic N) is 1. The highest BCUT2D eigenvalue weighted by Gasteiger charge is 2.11. The topological polar surface area (TPSA) is 32.7 Å². The molecular weight excluding hydrogens is 238 g/mol. The van der Waals surface area contributed by atoms with Crippen molar-refractivity contribution in [3.63, 3.8) is 0 Å². The second-order valence-corrected chi connectivity index (χ2v) is 5.06. The number of aliphatic hydroxyl groups excluding tert-OH is 1. The van der Waals surface area contributed by atoms with Gasteiger partial charge in [-0.3, -0.25) is 4.90 Å². The summed E-state index contributed by atoms with van der Waals surface area (Å²) in [7, 11) is 0. The lowest BCUT2D eigenvalue weighted by Gasteiger charge is -2.23. The van der Waals surface area contributed by atoms with Gasteiger partial charge < -0.3 is 9.84 Å². The number of rotatable bonds is 8. The van der Waals surface area contributed by atoms with Crippen LogP contribution in [0.5, 0.6) is 5.75 Å². The van der Waals surface area contributed by atoms with Crippen molar-refractivity contribution in [1.82, 2.24) is 4.90 Å². The van der Waals surface area contributed by atoms with Crippen LogP contribution in [-0.4, -0.2) is 42.4 Å². The van der Waals surface area contributed by atoms with Crippen LogP contribution in [0.15, 0.2) is 36.4 Å². The van der Waals surface area contributed by atoms with Crippen molar-refractivity contribution in [2.45, 2.75) is 26.9 Å². The first-order valence-electron chi connectivity index (χ1n) is 6.75. The van der Waals surface area contributed by atoms with Crippen molar-refractivity contribution in [3.8, 4) is 5.75 Å². The summed E-state index contributed by atoms with van der Waals surface area (Å²) >= 11 is 0. The van der Waals surface area contributed by atoms with E-state index in [2.05, 4.69) is 18.4 Å². The molecule has 0 spiro atoms. The molecule has 106 valence electrons. The lowest BCUT2D eigenvalue weighted by Crippen LogP contribution is -2.36. The van der Waals surface area contributed by atoms with Crippen molar-refractivity contribution in [3.05, 3.63) is 42.0 Å². The maximum atomic E-state index is 9.98. The molecule has 0 aromatic heterocycles. The molecule has 1 atom stereocenters. The Labute approximate surface area is 116 Å². The van der Waals surface area contributed by atoms with E-state index >= 15 is 0 Å². The zero-order valence-electron chi connectivity index (χ0n) is 12.2. The fourth-order valence-corrected chi connectivity index (χ4v) is 1.86. The van der Waals surface area contributed by atoms with Gasteiger partial charge in [0.25, 0.3) is 0 Å². The smallest absolute Gasteiger partial charge is 0.119 e. The standard InChI is InChI=1S/C16H25NO2/c1-5-17(10-13(2)3)11-15(18)12-19-16-8-6-14(4)7-9-16/h6-9,15,18H,2,5,10-12H2,1,3-4H3. The molecule has 0 radical (unpaired) electrons. The number of likely N-dealkylation sites (N-methyl/N-ethyl adjacent to an activating group) is 1. The lowest BCUT2D eigenvalue weighted by molar-refractivity contribution is 0.0728. The number of benzene rings is 1. The zero-order valence-corrected chi connectivity index (χ0v) is 12.2. The second kappa shape index (κ2) is 7.97.